The molecule has 0 atom stereocenters. The van der Waals surface area contributed by atoms with Crippen LogP contribution >= 0.6 is 11.6 Å². The first-order valence-corrected chi connectivity index (χ1v) is 8.75. The lowest BCUT2D eigenvalue weighted by Gasteiger charge is -2.11. The Morgan fingerprint density at radius 1 is 1.07 bits per heavy atom. The minimum atomic E-state index is 0.280. The Morgan fingerprint density at radius 2 is 1.96 bits per heavy atom. The molecule has 0 radical (unpaired) electrons. The highest BCUT2D eigenvalue weighted by molar-refractivity contribution is 6.30. The lowest BCUT2D eigenvalue weighted by Crippen LogP contribution is -1.99. The van der Waals surface area contributed by atoms with Gasteiger partial charge in [-0.2, -0.15) is 5.26 Å². The number of ether oxygens (including phenoxy) is 1. The van der Waals surface area contributed by atoms with E-state index in [4.69, 9.17) is 16.3 Å². The highest BCUT2D eigenvalue weighted by Crippen LogP contribution is 2.28. The van der Waals surface area contributed by atoms with Crippen LogP contribution in [0.2, 0.25) is 5.15 Å². The normalized spacial score (nSPS) is 10.5. The van der Waals surface area contributed by atoms with Crippen LogP contribution in [-0.2, 0) is 0 Å². The van der Waals surface area contributed by atoms with E-state index in [0.717, 1.165) is 16.6 Å². The van der Waals surface area contributed by atoms with E-state index in [-0.39, 0.29) is 10.8 Å². The maximum absolute atomic E-state index is 9.33. The van der Waals surface area contributed by atoms with E-state index in [1.165, 1.54) is 7.11 Å². The first kappa shape index (κ1) is 17.6. The zero-order valence-electron chi connectivity index (χ0n) is 14.8. The van der Waals surface area contributed by atoms with Gasteiger partial charge in [-0.15, -0.1) is 0 Å². The van der Waals surface area contributed by atoms with Gasteiger partial charge in [0.25, 0.3) is 0 Å². The van der Waals surface area contributed by atoms with Crippen molar-refractivity contribution in [2.75, 3.05) is 17.7 Å². The Morgan fingerprint density at radius 3 is 2.79 bits per heavy atom. The molecular formula is C20H15ClN6O. The second-order valence-corrected chi connectivity index (χ2v) is 6.34. The number of aromatic amines is 1. The van der Waals surface area contributed by atoms with Gasteiger partial charge >= 0.3 is 0 Å². The predicted octanol–water partition coefficient (Wildman–Crippen LogP) is 4.98. The van der Waals surface area contributed by atoms with Gasteiger partial charge in [-0.3, -0.25) is 0 Å². The largest absolute Gasteiger partial charge is 0.493 e. The summed E-state index contributed by atoms with van der Waals surface area (Å²) < 4.78 is 5.18. The number of fused-ring (bicyclic) bond motifs is 1. The highest BCUT2D eigenvalue weighted by atomic mass is 35.5. The maximum atomic E-state index is 9.33. The van der Waals surface area contributed by atoms with Crippen molar-refractivity contribution in [1.29, 1.82) is 5.26 Å². The molecule has 3 N–H and O–H groups in total. The molecule has 3 heterocycles. The number of methoxy groups -OCH3 is 1. The van der Waals surface area contributed by atoms with Gasteiger partial charge in [0.15, 0.2) is 10.9 Å². The Kier molecular flexibility index (Phi) is 4.70. The summed E-state index contributed by atoms with van der Waals surface area (Å²) in [4.78, 5) is 11.6. The lowest BCUT2D eigenvalue weighted by atomic mass is 10.2. The number of pyridine rings is 2. The van der Waals surface area contributed by atoms with Crippen LogP contribution in [0, 0.1) is 11.3 Å². The molecular weight excluding hydrogens is 376 g/mol. The summed E-state index contributed by atoms with van der Waals surface area (Å²) in [6, 6.07) is 15.2. The van der Waals surface area contributed by atoms with Crippen LogP contribution in [0.3, 0.4) is 0 Å². The van der Waals surface area contributed by atoms with Gasteiger partial charge in [0.05, 0.1) is 19.0 Å². The Hall–Kier alpha value is -3.76. The molecule has 0 aliphatic carbocycles. The van der Waals surface area contributed by atoms with Crippen molar-refractivity contribution in [1.82, 2.24) is 15.0 Å². The number of nitrogens with one attached hydrogen (secondary N) is 3. The average molecular weight is 391 g/mol. The molecule has 0 saturated heterocycles. The number of benzene rings is 1. The molecule has 8 heteroatoms. The first-order valence-electron chi connectivity index (χ1n) is 8.37. The second kappa shape index (κ2) is 7.47. The fourth-order valence-electron chi connectivity index (χ4n) is 2.80. The number of hydrogen-bond acceptors (Lipinski definition) is 6. The van der Waals surface area contributed by atoms with Crippen LogP contribution < -0.4 is 15.4 Å². The summed E-state index contributed by atoms with van der Waals surface area (Å²) in [6.07, 6.45) is 3.48. The second-order valence-electron chi connectivity index (χ2n) is 5.98. The van der Waals surface area contributed by atoms with Crippen LogP contribution in [0.1, 0.15) is 5.69 Å². The van der Waals surface area contributed by atoms with Crippen molar-refractivity contribution in [3.8, 4) is 11.8 Å². The monoisotopic (exact) mass is 390 g/mol. The summed E-state index contributed by atoms with van der Waals surface area (Å²) in [5.41, 5.74) is 3.51. The van der Waals surface area contributed by atoms with E-state index in [1.54, 1.807) is 24.4 Å². The summed E-state index contributed by atoms with van der Waals surface area (Å²) in [5.74, 6) is 1.00. The van der Waals surface area contributed by atoms with E-state index in [2.05, 4.69) is 31.7 Å². The van der Waals surface area contributed by atoms with Gasteiger partial charge in [0.1, 0.15) is 17.6 Å². The van der Waals surface area contributed by atoms with Gasteiger partial charge in [0.2, 0.25) is 0 Å². The third-order valence-corrected chi connectivity index (χ3v) is 4.37. The van der Waals surface area contributed by atoms with Crippen molar-refractivity contribution >= 4 is 45.4 Å². The number of halogens is 1. The van der Waals surface area contributed by atoms with Crippen molar-refractivity contribution in [2.24, 2.45) is 0 Å². The molecule has 0 fully saturated rings. The zero-order valence-corrected chi connectivity index (χ0v) is 15.6. The molecule has 28 heavy (non-hydrogen) atoms. The third kappa shape index (κ3) is 3.68. The smallest absolute Gasteiger partial charge is 0.171 e. The number of H-pyrrole nitrogens is 1. The van der Waals surface area contributed by atoms with Crippen molar-refractivity contribution in [3.63, 3.8) is 0 Å². The van der Waals surface area contributed by atoms with E-state index >= 15 is 0 Å². The molecule has 0 amide bonds. The van der Waals surface area contributed by atoms with E-state index < -0.39 is 0 Å². The Balaban J connectivity index is 1.63. The van der Waals surface area contributed by atoms with E-state index in [1.807, 2.05) is 30.5 Å². The molecule has 0 saturated carbocycles. The molecule has 0 bridgehead atoms. The lowest BCUT2D eigenvalue weighted by molar-refractivity contribution is 0.413. The summed E-state index contributed by atoms with van der Waals surface area (Å²) in [6.45, 7) is 0. The maximum Gasteiger partial charge on any atom is 0.171 e. The van der Waals surface area contributed by atoms with Crippen molar-refractivity contribution < 1.29 is 4.74 Å². The van der Waals surface area contributed by atoms with Crippen LogP contribution in [0.5, 0.6) is 5.75 Å². The number of aromatic nitrogens is 3. The topological polar surface area (TPSA) is 98.6 Å². The molecule has 0 spiro atoms. The van der Waals surface area contributed by atoms with Crippen LogP contribution in [-0.4, -0.2) is 22.1 Å². The number of hydrogen-bond donors (Lipinski definition) is 3. The summed E-state index contributed by atoms with van der Waals surface area (Å²) in [5, 5.41) is 17.2. The van der Waals surface area contributed by atoms with Crippen LogP contribution in [0.4, 0.5) is 22.9 Å². The molecule has 1 aromatic carbocycles. The molecule has 3 aromatic heterocycles. The molecule has 4 rings (SSSR count). The molecule has 138 valence electrons. The van der Waals surface area contributed by atoms with Crippen molar-refractivity contribution in [3.05, 3.63) is 65.7 Å². The standard InChI is InChI=1S/C20H15ClN6O/c1-28-18-8-16(11-24-20(18)21)25-14-6-15(10-22)27-19(9-14)26-13-3-2-12-4-5-23-17(12)7-13/h2-9,11,23H,1H3,(H2,25,26,27). The molecule has 7 nitrogen and oxygen atoms in total. The van der Waals surface area contributed by atoms with E-state index in [0.29, 0.717) is 22.9 Å². The first-order chi connectivity index (χ1) is 13.6. The zero-order chi connectivity index (χ0) is 19.5. The third-order valence-electron chi connectivity index (χ3n) is 4.08. The number of rotatable bonds is 5. The van der Waals surface area contributed by atoms with Gasteiger partial charge in [-0.05, 0) is 29.7 Å². The Labute approximate surface area is 166 Å². The number of nitriles is 1. The summed E-state index contributed by atoms with van der Waals surface area (Å²) in [7, 11) is 1.52. The van der Waals surface area contributed by atoms with Crippen LogP contribution in [0.25, 0.3) is 10.9 Å². The Bertz CT molecular complexity index is 1200. The fraction of sp³-hybridized carbons (Fsp3) is 0.0500. The number of nitrogens with zero attached hydrogens (tertiary/aromatic N) is 3. The highest BCUT2D eigenvalue weighted by Gasteiger charge is 2.07. The van der Waals surface area contributed by atoms with Gasteiger partial charge in [-0.1, -0.05) is 17.7 Å². The van der Waals surface area contributed by atoms with Crippen LogP contribution in [0.15, 0.2) is 54.9 Å². The summed E-state index contributed by atoms with van der Waals surface area (Å²) >= 11 is 5.97. The van der Waals surface area contributed by atoms with Gasteiger partial charge < -0.3 is 20.4 Å². The van der Waals surface area contributed by atoms with E-state index in [9.17, 15) is 5.26 Å². The minimum absolute atomic E-state index is 0.280. The molecule has 4 aromatic rings. The molecule has 0 unspecified atom stereocenters. The molecule has 0 aliphatic heterocycles. The van der Waals surface area contributed by atoms with Crippen molar-refractivity contribution in [2.45, 2.75) is 0 Å². The molecule has 0 aliphatic rings. The quantitative estimate of drug-likeness (QED) is 0.416. The fourth-order valence-corrected chi connectivity index (χ4v) is 2.98. The SMILES string of the molecule is COc1cc(Nc2cc(C#N)nc(Nc3ccc4cc[nH]c4c3)c2)cnc1Cl. The average Bonchev–Trinajstić information content (AvgIpc) is 3.17. The van der Waals surface area contributed by atoms with Gasteiger partial charge in [-0.25, -0.2) is 9.97 Å². The predicted molar refractivity (Wildman–Crippen MR) is 110 cm³/mol. The van der Waals surface area contributed by atoms with Gasteiger partial charge in [0, 0.05) is 35.2 Å². The number of anilines is 4. The minimum Gasteiger partial charge on any atom is -0.493 e.